The van der Waals surface area contributed by atoms with Crippen LogP contribution in [-0.4, -0.2) is 20.6 Å². The lowest BCUT2D eigenvalue weighted by Gasteiger charge is -2.21. The predicted octanol–water partition coefficient (Wildman–Crippen LogP) is 5.53. The minimum Gasteiger partial charge on any atom is -0.472 e. The van der Waals surface area contributed by atoms with Crippen LogP contribution in [0.15, 0.2) is 53.5 Å². The van der Waals surface area contributed by atoms with E-state index in [1.54, 1.807) is 17.5 Å². The van der Waals surface area contributed by atoms with Crippen molar-refractivity contribution < 1.29 is 4.74 Å². The molecule has 0 aliphatic rings. The lowest BCUT2D eigenvalue weighted by Crippen LogP contribution is -2.23. The van der Waals surface area contributed by atoms with Crippen LogP contribution in [-0.2, 0) is 0 Å². The van der Waals surface area contributed by atoms with E-state index >= 15 is 0 Å². The Balaban J connectivity index is 1.89. The second-order valence-electron chi connectivity index (χ2n) is 6.91. The molecule has 0 saturated carbocycles. The third-order valence-electron chi connectivity index (χ3n) is 3.79. The van der Waals surface area contributed by atoms with E-state index < -0.39 is 0 Å². The zero-order valence-electron chi connectivity index (χ0n) is 14.4. The monoisotopic (exact) mass is 349 g/mol. The van der Waals surface area contributed by atoms with E-state index in [0.717, 1.165) is 33.4 Å². The van der Waals surface area contributed by atoms with Crippen LogP contribution in [0.4, 0.5) is 0 Å². The van der Waals surface area contributed by atoms with Gasteiger partial charge in [0.15, 0.2) is 0 Å². The van der Waals surface area contributed by atoms with Crippen molar-refractivity contribution in [2.75, 3.05) is 0 Å². The number of ether oxygens (including phenoxy) is 1. The van der Waals surface area contributed by atoms with Gasteiger partial charge in [-0.15, -0.1) is 0 Å². The minimum absolute atomic E-state index is 0.306. The number of H-pyrrole nitrogens is 1. The highest BCUT2D eigenvalue weighted by Crippen LogP contribution is 2.34. The molecule has 0 atom stereocenters. The summed E-state index contributed by atoms with van der Waals surface area (Å²) in [5, 5.41) is 5.25. The molecular formula is C20H19N3OS. The lowest BCUT2D eigenvalue weighted by atomic mass is 10.0. The summed E-state index contributed by atoms with van der Waals surface area (Å²) < 4.78 is 6.06. The second kappa shape index (κ2) is 6.01. The summed E-state index contributed by atoms with van der Waals surface area (Å²) in [7, 11) is 0. The zero-order valence-corrected chi connectivity index (χ0v) is 15.2. The van der Waals surface area contributed by atoms with Gasteiger partial charge in [-0.2, -0.15) is 11.3 Å². The van der Waals surface area contributed by atoms with Crippen molar-refractivity contribution in [1.82, 2.24) is 15.0 Å². The van der Waals surface area contributed by atoms with Gasteiger partial charge in [-0.3, -0.25) is 0 Å². The number of aromatic amines is 1. The quantitative estimate of drug-likeness (QED) is 0.529. The second-order valence-corrected chi connectivity index (χ2v) is 7.69. The minimum atomic E-state index is -0.306. The van der Waals surface area contributed by atoms with E-state index in [2.05, 4.69) is 38.9 Å². The SMILES string of the molecule is CC(C)(C)Oc1cc(-c2c[nH]c3ncccc23)cc(-c2ccsc2)n1. The molecule has 0 bridgehead atoms. The van der Waals surface area contributed by atoms with Crippen LogP contribution < -0.4 is 4.74 Å². The predicted molar refractivity (Wildman–Crippen MR) is 103 cm³/mol. The average molecular weight is 349 g/mol. The van der Waals surface area contributed by atoms with Gasteiger partial charge in [0.1, 0.15) is 11.2 Å². The molecule has 4 nitrogen and oxygen atoms in total. The fraction of sp³-hybridized carbons (Fsp3) is 0.200. The summed E-state index contributed by atoms with van der Waals surface area (Å²) in [6.45, 7) is 6.09. The molecule has 1 N–H and O–H groups in total. The number of nitrogens with one attached hydrogen (secondary N) is 1. The van der Waals surface area contributed by atoms with Gasteiger partial charge in [-0.25, -0.2) is 9.97 Å². The Kier molecular flexibility index (Phi) is 3.81. The Hall–Kier alpha value is -2.66. The van der Waals surface area contributed by atoms with Gasteiger partial charge >= 0.3 is 0 Å². The molecule has 4 aromatic rings. The average Bonchev–Trinajstić information content (AvgIpc) is 3.23. The van der Waals surface area contributed by atoms with Gasteiger partial charge in [0.25, 0.3) is 0 Å². The Bertz CT molecular complexity index is 1010. The van der Waals surface area contributed by atoms with Crippen LogP contribution in [0.25, 0.3) is 33.4 Å². The highest BCUT2D eigenvalue weighted by Gasteiger charge is 2.16. The first-order valence-corrected chi connectivity index (χ1v) is 9.10. The molecular weight excluding hydrogens is 330 g/mol. The third kappa shape index (κ3) is 3.28. The van der Waals surface area contributed by atoms with Gasteiger partial charge in [0.2, 0.25) is 5.88 Å². The molecule has 0 aliphatic carbocycles. The van der Waals surface area contributed by atoms with Gasteiger partial charge < -0.3 is 9.72 Å². The molecule has 0 unspecified atom stereocenters. The van der Waals surface area contributed by atoms with E-state index in [1.807, 2.05) is 39.1 Å². The number of thiophene rings is 1. The summed E-state index contributed by atoms with van der Waals surface area (Å²) in [4.78, 5) is 12.3. The molecule has 0 saturated heterocycles. The molecule has 0 amide bonds. The summed E-state index contributed by atoms with van der Waals surface area (Å²) >= 11 is 1.66. The number of rotatable bonds is 3. The fourth-order valence-corrected chi connectivity index (χ4v) is 3.43. The topological polar surface area (TPSA) is 50.8 Å². The Morgan fingerprint density at radius 1 is 1.12 bits per heavy atom. The van der Waals surface area contributed by atoms with Crippen LogP contribution in [0.1, 0.15) is 20.8 Å². The van der Waals surface area contributed by atoms with E-state index in [-0.39, 0.29) is 5.60 Å². The standard InChI is InChI=1S/C20H19N3OS/c1-20(2,3)24-18-10-14(9-17(23-18)13-6-8-25-12-13)16-11-22-19-15(16)5-4-7-21-19/h4-12H,1-3H3,(H,21,22). The molecule has 0 aromatic carbocycles. The highest BCUT2D eigenvalue weighted by atomic mass is 32.1. The smallest absolute Gasteiger partial charge is 0.214 e. The zero-order chi connectivity index (χ0) is 17.4. The Morgan fingerprint density at radius 2 is 2.00 bits per heavy atom. The van der Waals surface area contributed by atoms with Crippen molar-refractivity contribution in [1.29, 1.82) is 0 Å². The molecule has 25 heavy (non-hydrogen) atoms. The van der Waals surface area contributed by atoms with Crippen molar-refractivity contribution in [2.24, 2.45) is 0 Å². The number of aromatic nitrogens is 3. The maximum Gasteiger partial charge on any atom is 0.214 e. The van der Waals surface area contributed by atoms with Gasteiger partial charge in [0, 0.05) is 40.4 Å². The number of hydrogen-bond acceptors (Lipinski definition) is 4. The maximum absolute atomic E-state index is 6.06. The molecule has 4 aromatic heterocycles. The van der Waals surface area contributed by atoms with Crippen molar-refractivity contribution in [2.45, 2.75) is 26.4 Å². The summed E-state index contributed by atoms with van der Waals surface area (Å²) in [6.07, 6.45) is 3.78. The number of nitrogens with zero attached hydrogens (tertiary/aromatic N) is 2. The maximum atomic E-state index is 6.06. The number of hydrogen-bond donors (Lipinski definition) is 1. The molecule has 4 heterocycles. The molecule has 0 spiro atoms. The van der Waals surface area contributed by atoms with E-state index in [0.29, 0.717) is 5.88 Å². The van der Waals surface area contributed by atoms with Crippen LogP contribution in [0.5, 0.6) is 5.88 Å². The number of fused-ring (bicyclic) bond motifs is 1. The van der Waals surface area contributed by atoms with Crippen LogP contribution in [0.3, 0.4) is 0 Å². The van der Waals surface area contributed by atoms with Gasteiger partial charge in [-0.05, 0) is 56.0 Å². The first-order chi connectivity index (χ1) is 12.0. The van der Waals surface area contributed by atoms with Crippen molar-refractivity contribution in [3.8, 4) is 28.3 Å². The van der Waals surface area contributed by atoms with Gasteiger partial charge in [0.05, 0.1) is 5.69 Å². The van der Waals surface area contributed by atoms with E-state index in [4.69, 9.17) is 9.72 Å². The molecule has 126 valence electrons. The van der Waals surface area contributed by atoms with Crippen LogP contribution in [0, 0.1) is 0 Å². The largest absolute Gasteiger partial charge is 0.472 e. The van der Waals surface area contributed by atoms with Crippen LogP contribution in [0.2, 0.25) is 0 Å². The van der Waals surface area contributed by atoms with E-state index in [1.165, 1.54) is 0 Å². The number of pyridine rings is 2. The van der Waals surface area contributed by atoms with E-state index in [9.17, 15) is 0 Å². The van der Waals surface area contributed by atoms with Crippen molar-refractivity contribution >= 4 is 22.4 Å². The lowest BCUT2D eigenvalue weighted by molar-refractivity contribution is 0.124. The molecule has 0 fully saturated rings. The fourth-order valence-electron chi connectivity index (χ4n) is 2.78. The molecule has 0 radical (unpaired) electrons. The Labute approximate surface area is 150 Å². The van der Waals surface area contributed by atoms with Crippen LogP contribution >= 0.6 is 11.3 Å². The van der Waals surface area contributed by atoms with Crippen molar-refractivity contribution in [3.05, 3.63) is 53.5 Å². The first kappa shape index (κ1) is 15.8. The Morgan fingerprint density at radius 3 is 2.76 bits per heavy atom. The molecule has 0 aliphatic heterocycles. The molecule has 5 heteroatoms. The normalized spacial score (nSPS) is 11.8. The molecule has 4 rings (SSSR count). The van der Waals surface area contributed by atoms with Crippen molar-refractivity contribution in [3.63, 3.8) is 0 Å². The first-order valence-electron chi connectivity index (χ1n) is 8.16. The van der Waals surface area contributed by atoms with Gasteiger partial charge in [-0.1, -0.05) is 0 Å². The highest BCUT2D eigenvalue weighted by molar-refractivity contribution is 7.08. The summed E-state index contributed by atoms with van der Waals surface area (Å²) in [6, 6.07) is 10.2. The summed E-state index contributed by atoms with van der Waals surface area (Å²) in [5.41, 5.74) is 4.75. The third-order valence-corrected chi connectivity index (χ3v) is 4.47. The summed E-state index contributed by atoms with van der Waals surface area (Å²) in [5.74, 6) is 0.629.